The van der Waals surface area contributed by atoms with Crippen LogP contribution in [0.25, 0.3) is 11.4 Å². The molecule has 5 rings (SSSR count). The van der Waals surface area contributed by atoms with Crippen LogP contribution < -0.4 is 10.6 Å². The second-order valence-electron chi connectivity index (χ2n) is 8.92. The first kappa shape index (κ1) is 21.7. The van der Waals surface area contributed by atoms with Crippen molar-refractivity contribution in [2.45, 2.75) is 49.9 Å². The van der Waals surface area contributed by atoms with Crippen molar-refractivity contribution in [1.29, 1.82) is 0 Å². The van der Waals surface area contributed by atoms with Gasteiger partial charge in [0.1, 0.15) is 17.5 Å². The van der Waals surface area contributed by atoms with E-state index in [2.05, 4.69) is 20.6 Å². The molecule has 2 aliphatic carbocycles. The first-order valence-electron chi connectivity index (χ1n) is 11.3. The van der Waals surface area contributed by atoms with E-state index >= 15 is 0 Å². The van der Waals surface area contributed by atoms with Crippen LogP contribution in [0.5, 0.6) is 0 Å². The fourth-order valence-electron chi connectivity index (χ4n) is 4.61. The second-order valence-corrected chi connectivity index (χ2v) is 8.92. The molecule has 2 aromatic carbocycles. The van der Waals surface area contributed by atoms with E-state index in [9.17, 15) is 18.7 Å². The number of hydrogen-bond acceptors (Lipinski definition) is 4. The van der Waals surface area contributed by atoms with Gasteiger partial charge < -0.3 is 20.7 Å². The van der Waals surface area contributed by atoms with Gasteiger partial charge >= 0.3 is 0 Å². The molecule has 4 atom stereocenters. The van der Waals surface area contributed by atoms with Crippen LogP contribution in [-0.4, -0.2) is 39.2 Å². The molecule has 4 N–H and O–H groups in total. The second kappa shape index (κ2) is 9.03. The number of aromatic nitrogens is 2. The van der Waals surface area contributed by atoms with E-state index in [1.807, 2.05) is 30.3 Å². The fraction of sp³-hybridized carbons (Fsp3) is 0.360. The summed E-state index contributed by atoms with van der Waals surface area (Å²) in [6.45, 7) is 0.149. The zero-order valence-corrected chi connectivity index (χ0v) is 18.0. The van der Waals surface area contributed by atoms with Crippen molar-refractivity contribution >= 4 is 5.91 Å². The Morgan fingerprint density at radius 2 is 1.94 bits per heavy atom. The molecule has 2 fully saturated rings. The van der Waals surface area contributed by atoms with Gasteiger partial charge in [0.2, 0.25) is 5.91 Å². The first-order chi connectivity index (χ1) is 16.0. The van der Waals surface area contributed by atoms with Crippen molar-refractivity contribution in [1.82, 2.24) is 20.6 Å². The van der Waals surface area contributed by atoms with Crippen molar-refractivity contribution in [3.05, 3.63) is 77.6 Å². The molecule has 0 bridgehead atoms. The van der Waals surface area contributed by atoms with E-state index in [4.69, 9.17) is 0 Å². The maximum absolute atomic E-state index is 14.2. The SMILES string of the molecule is O=C(NC1CC1)[C@H]1C[C@@H](NCc2ccc(F)cc2F)[C@H](c2cnc(-c3ccccc3)[nH]2)[C@@H]1O. The van der Waals surface area contributed by atoms with Crippen LogP contribution >= 0.6 is 0 Å². The molecule has 172 valence electrons. The predicted molar refractivity (Wildman–Crippen MR) is 119 cm³/mol. The van der Waals surface area contributed by atoms with Crippen LogP contribution in [0, 0.1) is 17.6 Å². The van der Waals surface area contributed by atoms with Crippen LogP contribution in [-0.2, 0) is 11.3 Å². The van der Waals surface area contributed by atoms with Crippen molar-refractivity contribution < 1.29 is 18.7 Å². The summed E-state index contributed by atoms with van der Waals surface area (Å²) in [7, 11) is 0. The van der Waals surface area contributed by atoms with Gasteiger partial charge in [-0.25, -0.2) is 13.8 Å². The largest absolute Gasteiger partial charge is 0.392 e. The molecule has 2 saturated carbocycles. The molecule has 8 heteroatoms. The summed E-state index contributed by atoms with van der Waals surface area (Å²) in [5.41, 5.74) is 1.95. The number of hydrogen-bond donors (Lipinski definition) is 4. The third-order valence-corrected chi connectivity index (χ3v) is 6.55. The van der Waals surface area contributed by atoms with E-state index in [1.54, 1.807) is 6.20 Å². The number of H-pyrrole nitrogens is 1. The van der Waals surface area contributed by atoms with Gasteiger partial charge in [-0.15, -0.1) is 0 Å². The molecule has 2 aliphatic rings. The van der Waals surface area contributed by atoms with Crippen molar-refractivity contribution in [2.24, 2.45) is 5.92 Å². The Morgan fingerprint density at radius 1 is 1.15 bits per heavy atom. The summed E-state index contributed by atoms with van der Waals surface area (Å²) in [5.74, 6) is -1.77. The fourth-order valence-corrected chi connectivity index (χ4v) is 4.61. The van der Waals surface area contributed by atoms with Crippen molar-refractivity contribution in [3.63, 3.8) is 0 Å². The van der Waals surface area contributed by atoms with Gasteiger partial charge in [-0.1, -0.05) is 36.4 Å². The molecule has 0 spiro atoms. The van der Waals surface area contributed by atoms with Gasteiger partial charge in [-0.05, 0) is 25.3 Å². The minimum absolute atomic E-state index is 0.149. The topological polar surface area (TPSA) is 90.0 Å². The van der Waals surface area contributed by atoms with Crippen LogP contribution in [0.15, 0.2) is 54.7 Å². The lowest BCUT2D eigenvalue weighted by Gasteiger charge is -2.22. The van der Waals surface area contributed by atoms with E-state index in [0.29, 0.717) is 23.5 Å². The first-order valence-corrected chi connectivity index (χ1v) is 11.3. The van der Waals surface area contributed by atoms with Crippen LogP contribution in [0.4, 0.5) is 8.78 Å². The maximum Gasteiger partial charge on any atom is 0.226 e. The average Bonchev–Trinajstić information content (AvgIpc) is 3.37. The molecule has 1 amide bonds. The molecule has 0 saturated heterocycles. The van der Waals surface area contributed by atoms with Crippen LogP contribution in [0.3, 0.4) is 0 Å². The minimum atomic E-state index is -0.927. The Labute approximate surface area is 190 Å². The van der Waals surface area contributed by atoms with Crippen LogP contribution in [0.1, 0.15) is 36.4 Å². The quantitative estimate of drug-likeness (QED) is 0.443. The Hall–Kier alpha value is -3.10. The number of nitrogens with zero attached hydrogens (tertiary/aromatic N) is 1. The van der Waals surface area contributed by atoms with Gasteiger partial charge in [0.15, 0.2) is 0 Å². The molecule has 3 aromatic rings. The number of aromatic amines is 1. The van der Waals surface area contributed by atoms with Crippen molar-refractivity contribution in [3.8, 4) is 11.4 Å². The highest BCUT2D eigenvalue weighted by Crippen LogP contribution is 2.40. The van der Waals surface area contributed by atoms with Gasteiger partial charge in [0, 0.05) is 53.6 Å². The van der Waals surface area contributed by atoms with Gasteiger partial charge in [-0.3, -0.25) is 4.79 Å². The third-order valence-electron chi connectivity index (χ3n) is 6.55. The van der Waals surface area contributed by atoms with Gasteiger partial charge in [0.05, 0.1) is 12.0 Å². The number of imidazole rings is 1. The Morgan fingerprint density at radius 3 is 2.67 bits per heavy atom. The summed E-state index contributed by atoms with van der Waals surface area (Å²) in [4.78, 5) is 20.6. The molecule has 0 unspecified atom stereocenters. The van der Waals surface area contributed by atoms with Gasteiger partial charge in [-0.2, -0.15) is 0 Å². The summed E-state index contributed by atoms with van der Waals surface area (Å²) < 4.78 is 27.4. The minimum Gasteiger partial charge on any atom is -0.392 e. The number of carbonyl (C=O) groups is 1. The summed E-state index contributed by atoms with van der Waals surface area (Å²) in [6, 6.07) is 13.0. The lowest BCUT2D eigenvalue weighted by molar-refractivity contribution is -0.127. The number of nitrogens with one attached hydrogen (secondary N) is 3. The summed E-state index contributed by atoms with van der Waals surface area (Å²) >= 11 is 0. The van der Waals surface area contributed by atoms with E-state index < -0.39 is 29.6 Å². The number of benzene rings is 2. The number of halogens is 2. The highest BCUT2D eigenvalue weighted by Gasteiger charge is 2.47. The monoisotopic (exact) mass is 452 g/mol. The lowest BCUT2D eigenvalue weighted by atomic mass is 9.96. The van der Waals surface area contributed by atoms with Gasteiger partial charge in [0.25, 0.3) is 0 Å². The molecular formula is C25H26F2N4O2. The molecular weight excluding hydrogens is 426 g/mol. The maximum atomic E-state index is 14.2. The number of rotatable bonds is 7. The zero-order chi connectivity index (χ0) is 22.9. The van der Waals surface area contributed by atoms with Crippen molar-refractivity contribution in [2.75, 3.05) is 0 Å². The lowest BCUT2D eigenvalue weighted by Crippen LogP contribution is -2.37. The Bertz CT molecular complexity index is 1130. The molecule has 6 nitrogen and oxygen atoms in total. The molecule has 1 heterocycles. The van der Waals surface area contributed by atoms with E-state index in [-0.39, 0.29) is 24.5 Å². The molecule has 0 aliphatic heterocycles. The van der Waals surface area contributed by atoms with Crippen LogP contribution in [0.2, 0.25) is 0 Å². The highest BCUT2D eigenvalue weighted by molar-refractivity contribution is 5.80. The molecule has 33 heavy (non-hydrogen) atoms. The summed E-state index contributed by atoms with van der Waals surface area (Å²) in [6.07, 6.45) is 3.08. The third kappa shape index (κ3) is 4.67. The number of amides is 1. The zero-order valence-electron chi connectivity index (χ0n) is 18.0. The van der Waals surface area contributed by atoms with E-state index in [0.717, 1.165) is 24.5 Å². The smallest absolute Gasteiger partial charge is 0.226 e. The average molecular weight is 453 g/mol. The normalized spacial score (nSPS) is 24.7. The highest BCUT2D eigenvalue weighted by atomic mass is 19.1. The predicted octanol–water partition coefficient (Wildman–Crippen LogP) is 3.26. The molecule has 0 radical (unpaired) electrons. The standard InChI is InChI=1S/C25H26F2N4O2/c26-16-7-6-15(19(27)10-16)12-28-20-11-18(25(33)30-17-8-9-17)23(32)22(20)21-13-29-24(31-21)14-4-2-1-3-5-14/h1-7,10,13,17-18,20,22-23,28,32H,8-9,11-12H2,(H,29,31)(H,30,33)/t18-,20+,22+,23+/m0/s1. The Balaban J connectivity index is 1.39. The Kier molecular flexibility index (Phi) is 5.95. The number of carbonyl (C=O) groups excluding carboxylic acids is 1. The summed E-state index contributed by atoms with van der Waals surface area (Å²) in [5, 5.41) is 17.4. The number of aliphatic hydroxyl groups is 1. The number of aliphatic hydroxyl groups excluding tert-OH is 1. The molecule has 1 aromatic heterocycles. The van der Waals surface area contributed by atoms with E-state index in [1.165, 1.54) is 12.1 Å².